The number of nitrogens with one attached hydrogen (secondary N) is 1. The Hall–Kier alpha value is -1.57. The zero-order chi connectivity index (χ0) is 15.4. The highest BCUT2D eigenvalue weighted by Crippen LogP contribution is 2.54. The summed E-state index contributed by atoms with van der Waals surface area (Å²) in [6.45, 7) is 0.00583. The molecule has 0 radical (unpaired) electrons. The highest BCUT2D eigenvalue weighted by Gasteiger charge is 2.55. The monoisotopic (exact) mass is 302 g/mol. The van der Waals surface area contributed by atoms with E-state index in [-0.39, 0.29) is 30.1 Å². The van der Waals surface area contributed by atoms with Gasteiger partial charge in [-0.15, -0.1) is 0 Å². The molecule has 0 bridgehead atoms. The van der Waals surface area contributed by atoms with Gasteiger partial charge in [-0.3, -0.25) is 9.48 Å². The number of carbonyl (C=O) groups excluding carboxylic acids is 1. The van der Waals surface area contributed by atoms with Crippen LogP contribution in [0.2, 0.25) is 0 Å². The van der Waals surface area contributed by atoms with Crippen LogP contribution in [0.1, 0.15) is 24.2 Å². The number of halogens is 3. The average molecular weight is 302 g/mol. The van der Waals surface area contributed by atoms with Crippen LogP contribution >= 0.6 is 0 Å². The molecule has 2 aliphatic carbocycles. The fraction of sp³-hybridized carbons (Fsp3) is 0.692. The van der Waals surface area contributed by atoms with Crippen molar-refractivity contribution in [2.75, 3.05) is 0 Å². The number of alkyl halides is 3. The molecule has 0 spiro atoms. The highest BCUT2D eigenvalue weighted by atomic mass is 19.4. The molecule has 116 valence electrons. The van der Waals surface area contributed by atoms with Gasteiger partial charge < -0.3 is 11.1 Å². The molecule has 2 saturated carbocycles. The molecule has 0 aromatic carbocycles. The second kappa shape index (κ2) is 4.72. The molecule has 2 aliphatic rings. The zero-order valence-electron chi connectivity index (χ0n) is 11.5. The van der Waals surface area contributed by atoms with Crippen LogP contribution in [0.4, 0.5) is 13.2 Å². The van der Waals surface area contributed by atoms with Crippen LogP contribution in [0.3, 0.4) is 0 Å². The van der Waals surface area contributed by atoms with Crippen LogP contribution in [0, 0.1) is 17.8 Å². The van der Waals surface area contributed by atoms with Crippen molar-refractivity contribution in [3.8, 4) is 0 Å². The molecule has 1 amide bonds. The van der Waals surface area contributed by atoms with Gasteiger partial charge in [0.25, 0.3) is 0 Å². The van der Waals surface area contributed by atoms with Gasteiger partial charge in [0.1, 0.15) is 5.69 Å². The van der Waals surface area contributed by atoms with E-state index in [4.69, 9.17) is 5.73 Å². The third kappa shape index (κ3) is 2.64. The van der Waals surface area contributed by atoms with Gasteiger partial charge in [0, 0.05) is 19.0 Å². The third-order valence-corrected chi connectivity index (χ3v) is 4.49. The lowest BCUT2D eigenvalue weighted by molar-refractivity contribution is -0.143. The maximum absolute atomic E-state index is 12.6. The van der Waals surface area contributed by atoms with Gasteiger partial charge in [0.05, 0.1) is 12.2 Å². The summed E-state index contributed by atoms with van der Waals surface area (Å²) in [5, 5.41) is 6.45. The van der Waals surface area contributed by atoms with Crippen LogP contribution in [0.5, 0.6) is 0 Å². The van der Waals surface area contributed by atoms with E-state index < -0.39 is 11.9 Å². The van der Waals surface area contributed by atoms with E-state index in [1.807, 2.05) is 0 Å². The van der Waals surface area contributed by atoms with Crippen LogP contribution in [0.15, 0.2) is 6.07 Å². The van der Waals surface area contributed by atoms with Crippen LogP contribution in [0.25, 0.3) is 0 Å². The Kier molecular flexibility index (Phi) is 3.23. The molecule has 0 saturated heterocycles. The number of carbonyl (C=O) groups is 1. The normalized spacial score (nSPS) is 31.1. The minimum absolute atomic E-state index is 0.00583. The van der Waals surface area contributed by atoms with E-state index in [0.29, 0.717) is 18.3 Å². The number of amides is 1. The van der Waals surface area contributed by atoms with Gasteiger partial charge >= 0.3 is 6.18 Å². The van der Waals surface area contributed by atoms with E-state index in [1.165, 1.54) is 7.05 Å². The van der Waals surface area contributed by atoms with Crippen molar-refractivity contribution < 1.29 is 18.0 Å². The SMILES string of the molecule is Cn1nc(CNC(=O)[C@@H]2C[C@H](N)[C@H]3C[C@H]32)cc1C(F)(F)F. The maximum atomic E-state index is 12.6. The van der Waals surface area contributed by atoms with Gasteiger partial charge in [-0.05, 0) is 30.7 Å². The van der Waals surface area contributed by atoms with Gasteiger partial charge in [0.15, 0.2) is 0 Å². The van der Waals surface area contributed by atoms with Crippen molar-refractivity contribution in [1.82, 2.24) is 15.1 Å². The summed E-state index contributed by atoms with van der Waals surface area (Å²) < 4.78 is 38.7. The van der Waals surface area contributed by atoms with Crippen LogP contribution < -0.4 is 11.1 Å². The molecule has 3 N–H and O–H groups in total. The molecular weight excluding hydrogens is 285 g/mol. The summed E-state index contributed by atoms with van der Waals surface area (Å²) >= 11 is 0. The second-order valence-electron chi connectivity index (χ2n) is 5.93. The number of fused-ring (bicyclic) bond motifs is 1. The Morgan fingerprint density at radius 2 is 2.19 bits per heavy atom. The van der Waals surface area contributed by atoms with Gasteiger partial charge in [-0.2, -0.15) is 18.3 Å². The van der Waals surface area contributed by atoms with E-state index in [2.05, 4.69) is 10.4 Å². The van der Waals surface area contributed by atoms with Crippen LogP contribution in [-0.2, 0) is 24.6 Å². The van der Waals surface area contributed by atoms with Crippen molar-refractivity contribution in [2.24, 2.45) is 30.5 Å². The smallest absolute Gasteiger partial charge is 0.350 e. The summed E-state index contributed by atoms with van der Waals surface area (Å²) in [5.41, 5.74) is 5.29. The van der Waals surface area contributed by atoms with Gasteiger partial charge in [0.2, 0.25) is 5.91 Å². The highest BCUT2D eigenvalue weighted by molar-refractivity contribution is 5.80. The first-order valence-electron chi connectivity index (χ1n) is 6.90. The first kappa shape index (κ1) is 14.4. The Morgan fingerprint density at radius 3 is 2.67 bits per heavy atom. The molecule has 2 fully saturated rings. The molecule has 0 aliphatic heterocycles. The van der Waals surface area contributed by atoms with Gasteiger partial charge in [-0.1, -0.05) is 0 Å². The molecule has 4 atom stereocenters. The fourth-order valence-electron chi connectivity index (χ4n) is 3.32. The average Bonchev–Trinajstić information content (AvgIpc) is 2.98. The third-order valence-electron chi connectivity index (χ3n) is 4.49. The first-order chi connectivity index (χ1) is 9.77. The number of nitrogens with two attached hydrogens (primary N) is 1. The molecule has 1 heterocycles. The Bertz CT molecular complexity index is 568. The number of hydrogen-bond donors (Lipinski definition) is 2. The maximum Gasteiger partial charge on any atom is 0.433 e. The number of rotatable bonds is 3. The topological polar surface area (TPSA) is 72.9 Å². The fourth-order valence-corrected chi connectivity index (χ4v) is 3.32. The number of aromatic nitrogens is 2. The minimum atomic E-state index is -4.44. The van der Waals surface area contributed by atoms with Gasteiger partial charge in [-0.25, -0.2) is 0 Å². The van der Waals surface area contributed by atoms with Crippen molar-refractivity contribution in [3.05, 3.63) is 17.5 Å². The predicted molar refractivity (Wildman–Crippen MR) is 67.7 cm³/mol. The predicted octanol–water partition coefficient (Wildman–Crippen LogP) is 1.04. The zero-order valence-corrected chi connectivity index (χ0v) is 11.5. The lowest BCUT2D eigenvalue weighted by Crippen LogP contribution is -2.32. The number of aryl methyl sites for hydroxylation is 1. The van der Waals surface area contributed by atoms with Crippen LogP contribution in [-0.4, -0.2) is 21.7 Å². The summed E-state index contributed by atoms with van der Waals surface area (Å²) in [4.78, 5) is 12.1. The second-order valence-corrected chi connectivity index (χ2v) is 5.93. The quantitative estimate of drug-likeness (QED) is 0.876. The molecule has 1 aromatic heterocycles. The molecule has 0 unspecified atom stereocenters. The van der Waals surface area contributed by atoms with Crippen molar-refractivity contribution in [3.63, 3.8) is 0 Å². The summed E-state index contributed by atoms with van der Waals surface area (Å²) in [6, 6.07) is 1.04. The van der Waals surface area contributed by atoms with Crippen molar-refractivity contribution in [2.45, 2.75) is 31.6 Å². The van der Waals surface area contributed by atoms with E-state index in [0.717, 1.165) is 17.2 Å². The molecule has 21 heavy (non-hydrogen) atoms. The minimum Gasteiger partial charge on any atom is -0.350 e. The summed E-state index contributed by atoms with van der Waals surface area (Å²) in [6.07, 6.45) is -2.79. The largest absolute Gasteiger partial charge is 0.433 e. The summed E-state index contributed by atoms with van der Waals surface area (Å²) in [5.74, 6) is 0.576. The van der Waals surface area contributed by atoms with Crippen molar-refractivity contribution >= 4 is 5.91 Å². The van der Waals surface area contributed by atoms with E-state index in [1.54, 1.807) is 0 Å². The van der Waals surface area contributed by atoms with E-state index in [9.17, 15) is 18.0 Å². The van der Waals surface area contributed by atoms with E-state index >= 15 is 0 Å². The lowest BCUT2D eigenvalue weighted by Gasteiger charge is -2.13. The number of nitrogens with zero attached hydrogens (tertiary/aromatic N) is 2. The Balaban J connectivity index is 1.59. The molecular formula is C13H17F3N4O. The van der Waals surface area contributed by atoms with Crippen molar-refractivity contribution in [1.29, 1.82) is 0 Å². The number of hydrogen-bond acceptors (Lipinski definition) is 3. The molecule has 1 aromatic rings. The standard InChI is InChI=1S/C13H17F3N4O/c1-20-11(13(14,15)16)2-6(19-20)5-18-12(21)9-4-10(17)8-3-7(8)9/h2,7-10H,3-5,17H2,1H3,(H,18,21)/t7-,8+,9-,10+/m1/s1. The molecule has 8 heteroatoms. The summed E-state index contributed by atoms with van der Waals surface area (Å²) in [7, 11) is 1.24. The lowest BCUT2D eigenvalue weighted by atomic mass is 10.0. The Labute approximate surface area is 119 Å². The molecule has 3 rings (SSSR count). The Morgan fingerprint density at radius 1 is 1.48 bits per heavy atom. The first-order valence-corrected chi connectivity index (χ1v) is 6.90. The molecule has 5 nitrogen and oxygen atoms in total.